The number of anilines is 1. The van der Waals surface area contributed by atoms with Crippen molar-refractivity contribution in [2.45, 2.75) is 88.9 Å². The number of carbonyl (C=O) groups excluding carboxylic acids is 2. The number of hydrogen-bond donors (Lipinski definition) is 1. The van der Waals surface area contributed by atoms with Gasteiger partial charge in [0.15, 0.2) is 6.19 Å². The van der Waals surface area contributed by atoms with E-state index in [1.54, 1.807) is 23.4 Å². The van der Waals surface area contributed by atoms with Crippen LogP contribution in [0.4, 0.5) is 5.69 Å². The van der Waals surface area contributed by atoms with Gasteiger partial charge in [0.2, 0.25) is 5.91 Å². The van der Waals surface area contributed by atoms with Gasteiger partial charge < -0.3 is 10.1 Å². The van der Waals surface area contributed by atoms with Gasteiger partial charge in [-0.05, 0) is 54.2 Å². The highest BCUT2D eigenvalue weighted by Crippen LogP contribution is 2.34. The van der Waals surface area contributed by atoms with E-state index in [0.29, 0.717) is 23.4 Å². The molecule has 2 aliphatic rings. The molecule has 1 saturated carbocycles. The second-order valence-electron chi connectivity index (χ2n) is 12.6. The number of aromatic nitrogens is 1. The highest BCUT2D eigenvalue weighted by atomic mass is 16.5. The van der Waals surface area contributed by atoms with Crippen molar-refractivity contribution < 1.29 is 14.3 Å². The molecular weight excluding hydrogens is 538 g/mol. The highest BCUT2D eigenvalue weighted by Gasteiger charge is 2.44. The van der Waals surface area contributed by atoms with Crippen LogP contribution in [0.3, 0.4) is 0 Å². The Kier molecular flexibility index (Phi) is 9.30. The molecule has 8 heteroatoms. The van der Waals surface area contributed by atoms with Gasteiger partial charge in [0.25, 0.3) is 5.91 Å². The lowest BCUT2D eigenvalue weighted by molar-refractivity contribution is -0.128. The molecule has 224 valence electrons. The van der Waals surface area contributed by atoms with E-state index in [9.17, 15) is 14.9 Å². The number of hydrogen-bond acceptors (Lipinski definition) is 6. The fourth-order valence-corrected chi connectivity index (χ4v) is 6.09. The molecule has 2 amide bonds. The standard InChI is InChI=1S/C35H41N5O3/c1-35(2,3)26-16-18-28(19-17-26)40(32(25-11-10-20-37-22-25)33(41)38-27-12-6-4-7-13-27)34(42)31-21-30(23-39(31)24-36)43-29-14-8-5-9-15-29/h5,8-11,14-20,22,27,30-32H,4,6-7,12-13,21,23H2,1-3H3,(H,38,41)/t30-,31+,32?/m0/s1. The first-order valence-corrected chi connectivity index (χ1v) is 15.3. The SMILES string of the molecule is CC(C)(C)c1ccc(N(C(=O)[C@H]2C[C@H](Oc3ccccc3)CN2C#N)C(C(=O)NC2CCCCC2)c2cccnc2)cc1. The molecule has 2 aromatic carbocycles. The minimum atomic E-state index is -0.960. The number of pyridine rings is 1. The van der Waals surface area contributed by atoms with Crippen LogP contribution in [-0.4, -0.2) is 46.4 Å². The first-order chi connectivity index (χ1) is 20.7. The predicted molar refractivity (Wildman–Crippen MR) is 166 cm³/mol. The number of rotatable bonds is 8. The lowest BCUT2D eigenvalue weighted by atomic mass is 9.87. The van der Waals surface area contributed by atoms with E-state index < -0.39 is 12.1 Å². The largest absolute Gasteiger partial charge is 0.488 e. The van der Waals surface area contributed by atoms with Gasteiger partial charge in [-0.2, -0.15) is 5.26 Å². The van der Waals surface area contributed by atoms with Crippen LogP contribution in [-0.2, 0) is 15.0 Å². The van der Waals surface area contributed by atoms with Gasteiger partial charge in [0, 0.05) is 36.1 Å². The molecule has 3 atom stereocenters. The molecule has 3 aromatic rings. The Morgan fingerprint density at radius 3 is 2.37 bits per heavy atom. The average Bonchev–Trinajstić information content (AvgIpc) is 3.43. The molecule has 0 bridgehead atoms. The van der Waals surface area contributed by atoms with E-state index in [1.165, 1.54) is 11.3 Å². The Morgan fingerprint density at radius 1 is 1.02 bits per heavy atom. The normalized spacial score (nSPS) is 19.7. The highest BCUT2D eigenvalue weighted by molar-refractivity contribution is 6.04. The summed E-state index contributed by atoms with van der Waals surface area (Å²) < 4.78 is 6.17. The fraction of sp³-hybridized carbons (Fsp3) is 0.429. The van der Waals surface area contributed by atoms with Crippen molar-refractivity contribution in [2.75, 3.05) is 11.4 Å². The Balaban J connectivity index is 1.53. The number of likely N-dealkylation sites (tertiary alicyclic amines) is 1. The van der Waals surface area contributed by atoms with Crippen LogP contribution in [0.2, 0.25) is 0 Å². The molecule has 8 nitrogen and oxygen atoms in total. The molecule has 43 heavy (non-hydrogen) atoms. The van der Waals surface area contributed by atoms with Crippen LogP contribution >= 0.6 is 0 Å². The number of para-hydroxylation sites is 1. The number of ether oxygens (including phenoxy) is 1. The average molecular weight is 580 g/mol. The van der Waals surface area contributed by atoms with Crippen molar-refractivity contribution in [1.29, 1.82) is 5.26 Å². The molecule has 1 unspecified atom stereocenters. The molecule has 1 aromatic heterocycles. The molecule has 1 aliphatic heterocycles. The summed E-state index contributed by atoms with van der Waals surface area (Å²) in [6.07, 6.45) is 10.6. The first-order valence-electron chi connectivity index (χ1n) is 15.3. The third kappa shape index (κ3) is 7.16. The summed E-state index contributed by atoms with van der Waals surface area (Å²) in [5, 5.41) is 13.3. The van der Waals surface area contributed by atoms with Crippen molar-refractivity contribution >= 4 is 17.5 Å². The summed E-state index contributed by atoms with van der Waals surface area (Å²) in [5.41, 5.74) is 2.24. The van der Waals surface area contributed by atoms with Crippen LogP contribution in [0.1, 0.15) is 76.5 Å². The molecule has 2 fully saturated rings. The second kappa shape index (κ2) is 13.3. The topological polar surface area (TPSA) is 98.6 Å². The summed E-state index contributed by atoms with van der Waals surface area (Å²) in [7, 11) is 0. The molecule has 2 heterocycles. The Labute approximate surface area is 254 Å². The molecule has 0 radical (unpaired) electrons. The Hall–Kier alpha value is -4.38. The lowest BCUT2D eigenvalue weighted by Crippen LogP contribution is -2.51. The summed E-state index contributed by atoms with van der Waals surface area (Å²) in [6.45, 7) is 6.69. The van der Waals surface area contributed by atoms with Crippen LogP contribution in [0.25, 0.3) is 0 Å². The van der Waals surface area contributed by atoms with E-state index in [1.807, 2.05) is 60.7 Å². The maximum absolute atomic E-state index is 14.7. The van der Waals surface area contributed by atoms with Gasteiger partial charge in [-0.1, -0.05) is 76.4 Å². The summed E-state index contributed by atoms with van der Waals surface area (Å²) in [4.78, 5) is 36.2. The van der Waals surface area contributed by atoms with Crippen LogP contribution in [0.15, 0.2) is 79.1 Å². The number of carbonyl (C=O) groups is 2. The zero-order valence-electron chi connectivity index (χ0n) is 25.3. The quantitative estimate of drug-likeness (QED) is 0.334. The van der Waals surface area contributed by atoms with Crippen molar-refractivity contribution in [1.82, 2.24) is 15.2 Å². The maximum Gasteiger partial charge on any atom is 0.251 e. The molecular formula is C35H41N5O3. The van der Waals surface area contributed by atoms with Gasteiger partial charge in [-0.25, -0.2) is 0 Å². The van der Waals surface area contributed by atoms with E-state index in [4.69, 9.17) is 4.74 Å². The predicted octanol–water partition coefficient (Wildman–Crippen LogP) is 5.91. The zero-order chi connectivity index (χ0) is 30.4. The molecule has 1 saturated heterocycles. The first kappa shape index (κ1) is 30.1. The number of nitrogens with zero attached hydrogens (tertiary/aromatic N) is 4. The van der Waals surface area contributed by atoms with Crippen molar-refractivity contribution in [3.63, 3.8) is 0 Å². The number of amides is 2. The minimum absolute atomic E-state index is 0.0615. The van der Waals surface area contributed by atoms with E-state index >= 15 is 0 Å². The van der Waals surface area contributed by atoms with E-state index in [-0.39, 0.29) is 35.9 Å². The molecule has 1 aliphatic carbocycles. The fourth-order valence-electron chi connectivity index (χ4n) is 6.09. The number of benzene rings is 2. The van der Waals surface area contributed by atoms with Crippen molar-refractivity contribution in [3.05, 3.63) is 90.3 Å². The van der Waals surface area contributed by atoms with Crippen LogP contribution in [0.5, 0.6) is 5.75 Å². The Bertz CT molecular complexity index is 1410. The number of nitrogens with one attached hydrogen (secondary N) is 1. The molecule has 1 N–H and O–H groups in total. The summed E-state index contributed by atoms with van der Waals surface area (Å²) in [5.74, 6) is 0.122. The van der Waals surface area contributed by atoms with Gasteiger partial charge in [0.1, 0.15) is 23.9 Å². The van der Waals surface area contributed by atoms with Crippen LogP contribution < -0.4 is 15.0 Å². The van der Waals surface area contributed by atoms with Crippen molar-refractivity contribution in [2.24, 2.45) is 0 Å². The third-order valence-electron chi connectivity index (χ3n) is 8.43. The van der Waals surface area contributed by atoms with E-state index in [2.05, 4.69) is 37.3 Å². The molecule has 5 rings (SSSR count). The smallest absolute Gasteiger partial charge is 0.251 e. The Morgan fingerprint density at radius 2 is 1.74 bits per heavy atom. The number of nitriles is 1. The second-order valence-corrected chi connectivity index (χ2v) is 12.6. The molecule has 0 spiro atoms. The zero-order valence-corrected chi connectivity index (χ0v) is 25.3. The third-order valence-corrected chi connectivity index (χ3v) is 8.43. The van der Waals surface area contributed by atoms with Gasteiger partial charge >= 0.3 is 0 Å². The maximum atomic E-state index is 14.7. The van der Waals surface area contributed by atoms with Crippen molar-refractivity contribution in [3.8, 4) is 11.9 Å². The monoisotopic (exact) mass is 579 g/mol. The summed E-state index contributed by atoms with van der Waals surface area (Å²) in [6, 6.07) is 19.2. The minimum Gasteiger partial charge on any atom is -0.488 e. The lowest BCUT2D eigenvalue weighted by Gasteiger charge is -2.35. The van der Waals surface area contributed by atoms with E-state index in [0.717, 1.165) is 31.2 Å². The van der Waals surface area contributed by atoms with Gasteiger partial charge in [-0.15, -0.1) is 0 Å². The summed E-state index contributed by atoms with van der Waals surface area (Å²) >= 11 is 0. The van der Waals surface area contributed by atoms with Gasteiger partial charge in [-0.3, -0.25) is 24.4 Å². The van der Waals surface area contributed by atoms with Crippen LogP contribution in [0, 0.1) is 11.5 Å². The van der Waals surface area contributed by atoms with Gasteiger partial charge in [0.05, 0.1) is 6.54 Å².